The molecule has 0 unspecified atom stereocenters. The third-order valence-corrected chi connectivity index (χ3v) is 6.72. The predicted molar refractivity (Wildman–Crippen MR) is 127 cm³/mol. The summed E-state index contributed by atoms with van der Waals surface area (Å²) in [6.45, 7) is 1.49. The van der Waals surface area contributed by atoms with Gasteiger partial charge in [0.2, 0.25) is 5.91 Å². The number of hydrogen-bond donors (Lipinski definition) is 2. The van der Waals surface area contributed by atoms with Crippen LogP contribution < -0.4 is 11.0 Å². The molecule has 0 atom stereocenters. The van der Waals surface area contributed by atoms with Crippen LogP contribution in [0.2, 0.25) is 5.02 Å². The molecule has 1 amide bonds. The van der Waals surface area contributed by atoms with Crippen molar-refractivity contribution in [3.8, 4) is 22.8 Å². The number of aromatic nitrogens is 3. The molecule has 3 aromatic rings. The first kappa shape index (κ1) is 24.9. The largest absolute Gasteiger partial charge is 0.402 e. The highest BCUT2D eigenvalue weighted by Crippen LogP contribution is 2.38. The SMILES string of the molecule is CC(C)(C(=O)NCc1ccc(Cl)c(-c2nc(-c3cccc(C4CCC4)c3)nc(=O)[nH]2)c1)C(F)(F)F. The van der Waals surface area contributed by atoms with Crippen molar-refractivity contribution in [2.45, 2.75) is 51.7 Å². The maximum Gasteiger partial charge on any atom is 0.402 e. The van der Waals surface area contributed by atoms with Gasteiger partial charge in [0.25, 0.3) is 0 Å². The van der Waals surface area contributed by atoms with Crippen molar-refractivity contribution in [1.82, 2.24) is 20.3 Å². The van der Waals surface area contributed by atoms with Crippen molar-refractivity contribution < 1.29 is 18.0 Å². The van der Waals surface area contributed by atoms with E-state index in [9.17, 15) is 22.8 Å². The van der Waals surface area contributed by atoms with Gasteiger partial charge in [-0.2, -0.15) is 18.2 Å². The summed E-state index contributed by atoms with van der Waals surface area (Å²) >= 11 is 6.35. The van der Waals surface area contributed by atoms with Gasteiger partial charge in [-0.15, -0.1) is 0 Å². The van der Waals surface area contributed by atoms with Gasteiger partial charge in [0.05, 0.1) is 5.02 Å². The zero-order valence-electron chi connectivity index (χ0n) is 19.2. The molecule has 0 bridgehead atoms. The normalized spacial score (nSPS) is 14.5. The van der Waals surface area contributed by atoms with Crippen LogP contribution in [0.25, 0.3) is 22.8 Å². The molecular weight excluding hydrogens is 481 g/mol. The molecule has 1 saturated carbocycles. The van der Waals surface area contributed by atoms with E-state index >= 15 is 0 Å². The van der Waals surface area contributed by atoms with E-state index in [1.807, 2.05) is 18.2 Å². The number of carbonyl (C=O) groups excluding carboxylic acids is 1. The number of nitrogens with one attached hydrogen (secondary N) is 2. The van der Waals surface area contributed by atoms with Crippen LogP contribution >= 0.6 is 11.6 Å². The number of alkyl halides is 3. The Hall–Kier alpha value is -3.20. The quantitative estimate of drug-likeness (QED) is 0.456. The number of aromatic amines is 1. The number of rotatable bonds is 6. The van der Waals surface area contributed by atoms with Gasteiger partial charge >= 0.3 is 11.9 Å². The Morgan fingerprint density at radius 1 is 1.14 bits per heavy atom. The van der Waals surface area contributed by atoms with Crippen LogP contribution in [0.4, 0.5) is 13.2 Å². The van der Waals surface area contributed by atoms with Crippen molar-refractivity contribution in [3.63, 3.8) is 0 Å². The molecule has 4 rings (SSSR count). The molecular formula is C25H24ClF3N4O2. The zero-order valence-corrected chi connectivity index (χ0v) is 19.9. The first-order valence-electron chi connectivity index (χ1n) is 11.2. The smallest absolute Gasteiger partial charge is 0.351 e. The van der Waals surface area contributed by atoms with E-state index < -0.39 is 23.2 Å². The molecule has 10 heteroatoms. The topological polar surface area (TPSA) is 87.7 Å². The van der Waals surface area contributed by atoms with Crippen molar-refractivity contribution in [3.05, 3.63) is 69.1 Å². The van der Waals surface area contributed by atoms with Crippen molar-refractivity contribution in [1.29, 1.82) is 0 Å². The average molecular weight is 505 g/mol. The number of carbonyl (C=O) groups is 1. The molecule has 1 fully saturated rings. The second kappa shape index (κ2) is 9.45. The third-order valence-electron chi connectivity index (χ3n) is 6.39. The molecule has 35 heavy (non-hydrogen) atoms. The van der Waals surface area contributed by atoms with Gasteiger partial charge in [0.1, 0.15) is 11.2 Å². The van der Waals surface area contributed by atoms with Crippen LogP contribution in [0.3, 0.4) is 0 Å². The van der Waals surface area contributed by atoms with Gasteiger partial charge in [-0.05, 0) is 61.9 Å². The molecule has 1 aliphatic rings. The Labute approximate surface area is 205 Å². The van der Waals surface area contributed by atoms with Gasteiger partial charge in [-0.25, -0.2) is 9.78 Å². The van der Waals surface area contributed by atoms with Crippen LogP contribution in [-0.4, -0.2) is 27.0 Å². The van der Waals surface area contributed by atoms with E-state index in [-0.39, 0.29) is 23.2 Å². The average Bonchev–Trinajstić information content (AvgIpc) is 2.76. The predicted octanol–water partition coefficient (Wildman–Crippen LogP) is 5.62. The second-order valence-corrected chi connectivity index (χ2v) is 9.61. The van der Waals surface area contributed by atoms with Gasteiger partial charge in [0, 0.05) is 17.7 Å². The van der Waals surface area contributed by atoms with Gasteiger partial charge in [-0.3, -0.25) is 9.78 Å². The number of H-pyrrole nitrogens is 1. The van der Waals surface area contributed by atoms with E-state index in [4.69, 9.17) is 11.6 Å². The minimum atomic E-state index is -4.69. The lowest BCUT2D eigenvalue weighted by molar-refractivity contribution is -0.211. The van der Waals surface area contributed by atoms with Gasteiger partial charge in [0.15, 0.2) is 5.82 Å². The lowest BCUT2D eigenvalue weighted by atomic mass is 9.80. The summed E-state index contributed by atoms with van der Waals surface area (Å²) in [5, 5.41) is 2.59. The maximum atomic E-state index is 13.1. The van der Waals surface area contributed by atoms with Crippen LogP contribution in [0, 0.1) is 5.41 Å². The second-order valence-electron chi connectivity index (χ2n) is 9.20. The summed E-state index contributed by atoms with van der Waals surface area (Å²) in [7, 11) is 0. The number of amides is 1. The molecule has 184 valence electrons. The van der Waals surface area contributed by atoms with Gasteiger partial charge in [-0.1, -0.05) is 42.3 Å². The summed E-state index contributed by atoms with van der Waals surface area (Å²) in [5.74, 6) is -0.236. The van der Waals surface area contributed by atoms with Crippen molar-refractivity contribution in [2.75, 3.05) is 0 Å². The van der Waals surface area contributed by atoms with Crippen LogP contribution in [0.1, 0.15) is 50.2 Å². The lowest BCUT2D eigenvalue weighted by Gasteiger charge is -2.26. The highest BCUT2D eigenvalue weighted by atomic mass is 35.5. The zero-order chi connectivity index (χ0) is 25.4. The monoisotopic (exact) mass is 504 g/mol. The Bertz CT molecular complexity index is 1320. The molecule has 0 radical (unpaired) electrons. The molecule has 2 N–H and O–H groups in total. The fraction of sp³-hybridized carbons (Fsp3) is 0.360. The summed E-state index contributed by atoms with van der Waals surface area (Å²) < 4.78 is 39.4. The van der Waals surface area contributed by atoms with Crippen LogP contribution in [0.15, 0.2) is 47.3 Å². The summed E-state index contributed by atoms with van der Waals surface area (Å²) in [5.41, 5.74) is -0.412. The highest BCUT2D eigenvalue weighted by molar-refractivity contribution is 6.33. The first-order chi connectivity index (χ1) is 16.5. The molecule has 6 nitrogen and oxygen atoms in total. The lowest BCUT2D eigenvalue weighted by Crippen LogP contribution is -2.46. The molecule has 0 saturated heterocycles. The van der Waals surface area contributed by atoms with Crippen molar-refractivity contribution in [2.24, 2.45) is 5.41 Å². The van der Waals surface area contributed by atoms with Crippen molar-refractivity contribution >= 4 is 17.5 Å². The minimum absolute atomic E-state index is 0.159. The standard InChI is InChI=1S/C25H24ClF3N4O2/c1-24(2,25(27,28)29)22(34)30-13-14-9-10-19(26)18(11-14)21-31-20(32-23(35)33-21)17-8-4-7-16(12-17)15-5-3-6-15/h4,7-12,15H,3,5-6,13H2,1-2H3,(H,30,34)(H,31,32,33,35). The van der Waals surface area contributed by atoms with E-state index in [0.29, 0.717) is 22.6 Å². The number of nitrogens with zero attached hydrogens (tertiary/aromatic N) is 2. The minimum Gasteiger partial charge on any atom is -0.351 e. The Morgan fingerprint density at radius 2 is 1.89 bits per heavy atom. The number of halogens is 4. The highest BCUT2D eigenvalue weighted by Gasteiger charge is 2.52. The van der Waals surface area contributed by atoms with Crippen LogP contribution in [0.5, 0.6) is 0 Å². The molecule has 0 aliphatic heterocycles. The third kappa shape index (κ3) is 5.24. The Balaban J connectivity index is 1.61. The summed E-state index contributed by atoms with van der Waals surface area (Å²) in [6.07, 6.45) is -1.23. The number of benzene rings is 2. The summed E-state index contributed by atoms with van der Waals surface area (Å²) in [4.78, 5) is 35.6. The van der Waals surface area contributed by atoms with E-state index in [1.165, 1.54) is 18.1 Å². The Kier molecular flexibility index (Phi) is 6.73. The maximum absolute atomic E-state index is 13.1. The van der Waals surface area contributed by atoms with E-state index in [1.54, 1.807) is 12.1 Å². The van der Waals surface area contributed by atoms with E-state index in [0.717, 1.165) is 26.7 Å². The molecule has 2 aromatic carbocycles. The van der Waals surface area contributed by atoms with Gasteiger partial charge < -0.3 is 5.32 Å². The summed E-state index contributed by atoms with van der Waals surface area (Å²) in [6, 6.07) is 12.5. The van der Waals surface area contributed by atoms with E-state index in [2.05, 4.69) is 26.3 Å². The molecule has 1 aromatic heterocycles. The number of hydrogen-bond acceptors (Lipinski definition) is 4. The first-order valence-corrected chi connectivity index (χ1v) is 11.6. The Morgan fingerprint density at radius 3 is 2.54 bits per heavy atom. The molecule has 1 aliphatic carbocycles. The molecule has 1 heterocycles. The fourth-order valence-electron chi connectivity index (χ4n) is 3.71. The molecule has 0 spiro atoms. The fourth-order valence-corrected chi connectivity index (χ4v) is 3.92. The van der Waals surface area contributed by atoms with Crippen LogP contribution in [-0.2, 0) is 11.3 Å².